The summed E-state index contributed by atoms with van der Waals surface area (Å²) in [5, 5.41) is 13.0. The van der Waals surface area contributed by atoms with E-state index in [1.807, 2.05) is 0 Å². The Morgan fingerprint density at radius 3 is 2.24 bits per heavy atom. The summed E-state index contributed by atoms with van der Waals surface area (Å²) in [4.78, 5) is 12.1. The van der Waals surface area contributed by atoms with Crippen LogP contribution in [-0.4, -0.2) is 11.7 Å². The van der Waals surface area contributed by atoms with Gasteiger partial charge in [-0.3, -0.25) is 10.2 Å². The summed E-state index contributed by atoms with van der Waals surface area (Å²) in [7, 11) is 0. The third-order valence-electron chi connectivity index (χ3n) is 3.54. The molecule has 0 aliphatic heterocycles. The molecule has 6 nitrogen and oxygen atoms in total. The summed E-state index contributed by atoms with van der Waals surface area (Å²) in [5.41, 5.74) is 13.9. The molecule has 2 aromatic carbocycles. The van der Waals surface area contributed by atoms with Crippen molar-refractivity contribution in [2.24, 2.45) is 11.5 Å². The molecule has 2 rings (SSSR count). The fraction of sp³-hybridized carbons (Fsp3) is 0.111. The summed E-state index contributed by atoms with van der Waals surface area (Å²) in [6, 6.07) is 12.7. The molecule has 1 amide bonds. The van der Waals surface area contributed by atoms with Gasteiger partial charge in [0, 0.05) is 23.5 Å². The van der Waals surface area contributed by atoms with Crippen LogP contribution < -0.4 is 22.1 Å². The van der Waals surface area contributed by atoms with Crippen LogP contribution in [0.3, 0.4) is 0 Å². The van der Waals surface area contributed by atoms with Gasteiger partial charge in [-0.1, -0.05) is 24.3 Å². The minimum Gasteiger partial charge on any atom is -0.393 e. The Bertz CT molecular complexity index is 797. The molecule has 130 valence electrons. The van der Waals surface area contributed by atoms with Crippen molar-refractivity contribution in [2.45, 2.75) is 13.5 Å². The lowest BCUT2D eigenvalue weighted by molar-refractivity contribution is -0.117. The van der Waals surface area contributed by atoms with Crippen LogP contribution in [0, 0.1) is 11.2 Å². The lowest BCUT2D eigenvalue weighted by Gasteiger charge is -2.11. The van der Waals surface area contributed by atoms with Crippen LogP contribution in [-0.2, 0) is 11.3 Å². The van der Waals surface area contributed by atoms with Crippen LogP contribution in [0.25, 0.3) is 0 Å². The number of anilines is 1. The fourth-order valence-electron chi connectivity index (χ4n) is 2.07. The van der Waals surface area contributed by atoms with Gasteiger partial charge in [0.1, 0.15) is 17.3 Å². The third-order valence-corrected chi connectivity index (χ3v) is 3.54. The molecule has 2 aromatic rings. The highest BCUT2D eigenvalue weighted by molar-refractivity contribution is 5.95. The van der Waals surface area contributed by atoms with Crippen molar-refractivity contribution in [2.75, 3.05) is 5.32 Å². The number of amidine groups is 1. The molecule has 7 N–H and O–H groups in total. The van der Waals surface area contributed by atoms with E-state index in [-0.39, 0.29) is 17.3 Å². The predicted molar refractivity (Wildman–Crippen MR) is 96.2 cm³/mol. The minimum atomic E-state index is -0.414. The monoisotopic (exact) mass is 341 g/mol. The second-order valence-electron chi connectivity index (χ2n) is 5.46. The first-order valence-corrected chi connectivity index (χ1v) is 7.57. The quantitative estimate of drug-likeness (QED) is 0.314. The second kappa shape index (κ2) is 7.96. The molecule has 0 spiro atoms. The number of halogens is 1. The number of carbonyl (C=O) groups excluding carboxylic acids is 1. The van der Waals surface area contributed by atoms with E-state index in [9.17, 15) is 9.18 Å². The molecule has 0 unspecified atom stereocenters. The van der Waals surface area contributed by atoms with Crippen LogP contribution in [0.5, 0.6) is 0 Å². The van der Waals surface area contributed by atoms with Gasteiger partial charge in [-0.25, -0.2) is 4.39 Å². The zero-order valence-electron chi connectivity index (χ0n) is 13.8. The summed E-state index contributed by atoms with van der Waals surface area (Å²) < 4.78 is 12.9. The summed E-state index contributed by atoms with van der Waals surface area (Å²) in [6.45, 7) is 1.96. The van der Waals surface area contributed by atoms with Crippen molar-refractivity contribution in [3.8, 4) is 0 Å². The second-order valence-corrected chi connectivity index (χ2v) is 5.46. The topological polar surface area (TPSA) is 117 Å². The Hall–Kier alpha value is -3.35. The Morgan fingerprint density at radius 2 is 1.68 bits per heavy atom. The Morgan fingerprint density at radius 1 is 1.08 bits per heavy atom. The molecule has 0 saturated carbocycles. The highest BCUT2D eigenvalue weighted by atomic mass is 19.1. The van der Waals surface area contributed by atoms with Crippen LogP contribution in [0.15, 0.2) is 59.9 Å². The van der Waals surface area contributed by atoms with Crippen LogP contribution in [0.1, 0.15) is 18.1 Å². The van der Waals surface area contributed by atoms with Crippen molar-refractivity contribution in [1.29, 1.82) is 5.41 Å². The highest BCUT2D eigenvalue weighted by Crippen LogP contribution is 2.12. The van der Waals surface area contributed by atoms with E-state index >= 15 is 0 Å². The number of hydrogen-bond acceptors (Lipinski definition) is 4. The first-order chi connectivity index (χ1) is 11.9. The molecule has 0 aliphatic carbocycles. The van der Waals surface area contributed by atoms with E-state index in [0.717, 1.165) is 5.56 Å². The SMILES string of the molecule is C/C(Nc1ccc(F)cc1)=C(/N)C(=O)NCc1ccc(C(=N)N)cc1. The van der Waals surface area contributed by atoms with E-state index in [0.29, 0.717) is 23.5 Å². The summed E-state index contributed by atoms with van der Waals surface area (Å²) in [5.74, 6) is -0.762. The molecule has 0 fully saturated rings. The summed E-state index contributed by atoms with van der Waals surface area (Å²) in [6.07, 6.45) is 0. The zero-order valence-corrected chi connectivity index (χ0v) is 13.8. The molecule has 0 saturated heterocycles. The van der Waals surface area contributed by atoms with E-state index in [1.165, 1.54) is 12.1 Å². The normalized spacial score (nSPS) is 11.4. The van der Waals surface area contributed by atoms with Crippen molar-refractivity contribution in [3.05, 3.63) is 76.9 Å². The number of rotatable bonds is 6. The van der Waals surface area contributed by atoms with E-state index in [4.69, 9.17) is 16.9 Å². The van der Waals surface area contributed by atoms with Gasteiger partial charge >= 0.3 is 0 Å². The average molecular weight is 341 g/mol. The van der Waals surface area contributed by atoms with Crippen LogP contribution in [0.4, 0.5) is 10.1 Å². The lowest BCUT2D eigenvalue weighted by Crippen LogP contribution is -2.30. The predicted octanol–water partition coefficient (Wildman–Crippen LogP) is 2.03. The maximum absolute atomic E-state index is 12.9. The minimum absolute atomic E-state index is 0.00902. The van der Waals surface area contributed by atoms with Crippen molar-refractivity contribution >= 4 is 17.4 Å². The molecule has 7 heteroatoms. The van der Waals surface area contributed by atoms with Gasteiger partial charge in [-0.05, 0) is 36.8 Å². The largest absolute Gasteiger partial charge is 0.393 e. The van der Waals surface area contributed by atoms with Crippen molar-refractivity contribution < 1.29 is 9.18 Å². The van der Waals surface area contributed by atoms with E-state index in [2.05, 4.69) is 10.6 Å². The number of benzene rings is 2. The number of hydrogen-bond donors (Lipinski definition) is 5. The molecule has 0 bridgehead atoms. The maximum atomic E-state index is 12.9. The maximum Gasteiger partial charge on any atom is 0.269 e. The van der Waals surface area contributed by atoms with Gasteiger partial charge in [-0.2, -0.15) is 0 Å². The highest BCUT2D eigenvalue weighted by Gasteiger charge is 2.09. The zero-order chi connectivity index (χ0) is 18.4. The molecule has 0 aliphatic rings. The molecule has 0 radical (unpaired) electrons. The number of carbonyl (C=O) groups is 1. The van der Waals surface area contributed by atoms with E-state index in [1.54, 1.807) is 43.3 Å². The standard InChI is InChI=1S/C18H20FN5O/c1-11(24-15-8-6-14(19)7-9-15)16(20)18(25)23-10-12-2-4-13(5-3-12)17(21)22/h2-9,24H,10,20H2,1H3,(H3,21,22)(H,23,25)/b16-11-. The average Bonchev–Trinajstić information content (AvgIpc) is 2.61. The van der Waals surface area contributed by atoms with Gasteiger partial charge in [0.15, 0.2) is 0 Å². The van der Waals surface area contributed by atoms with Crippen LogP contribution >= 0.6 is 0 Å². The van der Waals surface area contributed by atoms with Gasteiger partial charge in [0.2, 0.25) is 0 Å². The molecule has 25 heavy (non-hydrogen) atoms. The summed E-state index contributed by atoms with van der Waals surface area (Å²) >= 11 is 0. The molecular weight excluding hydrogens is 321 g/mol. The molecule has 0 aromatic heterocycles. The first kappa shape index (κ1) is 18.0. The lowest BCUT2D eigenvalue weighted by atomic mass is 10.1. The number of amides is 1. The molecule has 0 heterocycles. The van der Waals surface area contributed by atoms with Crippen molar-refractivity contribution in [3.63, 3.8) is 0 Å². The number of nitrogen functional groups attached to an aromatic ring is 1. The molecular formula is C18H20FN5O. The first-order valence-electron chi connectivity index (χ1n) is 7.57. The van der Waals surface area contributed by atoms with Gasteiger partial charge in [0.05, 0.1) is 0 Å². The third kappa shape index (κ3) is 5.07. The number of nitrogens with one attached hydrogen (secondary N) is 3. The number of nitrogens with two attached hydrogens (primary N) is 2. The Kier molecular flexibility index (Phi) is 5.73. The smallest absolute Gasteiger partial charge is 0.269 e. The van der Waals surface area contributed by atoms with E-state index < -0.39 is 5.91 Å². The van der Waals surface area contributed by atoms with Crippen molar-refractivity contribution in [1.82, 2.24) is 5.32 Å². The fourth-order valence-corrected chi connectivity index (χ4v) is 2.07. The van der Waals surface area contributed by atoms with Gasteiger partial charge in [0.25, 0.3) is 5.91 Å². The Balaban J connectivity index is 1.96. The molecule has 0 atom stereocenters. The van der Waals surface area contributed by atoms with Gasteiger partial charge in [-0.15, -0.1) is 0 Å². The van der Waals surface area contributed by atoms with Gasteiger partial charge < -0.3 is 22.1 Å². The van der Waals surface area contributed by atoms with Crippen LogP contribution in [0.2, 0.25) is 0 Å². The Labute approximate surface area is 145 Å². The number of allylic oxidation sites excluding steroid dienone is 1.